The lowest BCUT2D eigenvalue weighted by atomic mass is 9.87. The Bertz CT molecular complexity index is 1180. The van der Waals surface area contributed by atoms with Crippen molar-refractivity contribution in [2.45, 2.75) is 12.1 Å². The Hall–Kier alpha value is -3.38. The second kappa shape index (κ2) is 6.07. The van der Waals surface area contributed by atoms with E-state index >= 15 is 0 Å². The van der Waals surface area contributed by atoms with E-state index in [2.05, 4.69) is 63.2 Å². The van der Waals surface area contributed by atoms with Gasteiger partial charge in [0.25, 0.3) is 0 Å². The highest BCUT2D eigenvalue weighted by molar-refractivity contribution is 7.10. The summed E-state index contributed by atoms with van der Waals surface area (Å²) < 4.78 is 8.51. The minimum atomic E-state index is -0.206. The van der Waals surface area contributed by atoms with Crippen molar-refractivity contribution in [3.63, 3.8) is 0 Å². The molecule has 0 saturated carbocycles. The van der Waals surface area contributed by atoms with Crippen molar-refractivity contribution in [1.82, 2.24) is 14.8 Å². The second-order valence-corrected chi connectivity index (χ2v) is 7.79. The molecule has 4 aromatic rings. The maximum Gasteiger partial charge on any atom is 0.226 e. The number of rotatable bonds is 2. The monoisotopic (exact) mass is 384 g/mol. The van der Waals surface area contributed by atoms with E-state index in [1.807, 2.05) is 28.9 Å². The Labute approximate surface area is 165 Å². The standard InChI is InChI=1S/C22H16N4OS/c1-2-7-14(8-3-1)21-18-19(15-9-4-5-10-16(15)27-21)25-22-23-13-24-26(22)20(18)17-11-6-12-28-17/h1-13,20-21H,(H,23,24,25)/t20-,21+/m1/s1. The largest absolute Gasteiger partial charge is 0.480 e. The van der Waals surface area contributed by atoms with Crippen LogP contribution in [0.15, 0.2) is 84.0 Å². The van der Waals surface area contributed by atoms with Crippen LogP contribution in [-0.2, 0) is 0 Å². The van der Waals surface area contributed by atoms with Gasteiger partial charge in [0.2, 0.25) is 5.95 Å². The number of fused-ring (bicyclic) bond motifs is 3. The highest BCUT2D eigenvalue weighted by atomic mass is 32.1. The molecule has 0 spiro atoms. The van der Waals surface area contributed by atoms with Gasteiger partial charge in [0.05, 0.1) is 5.70 Å². The summed E-state index contributed by atoms with van der Waals surface area (Å²) in [4.78, 5) is 5.66. The van der Waals surface area contributed by atoms with Crippen molar-refractivity contribution < 1.29 is 4.74 Å². The van der Waals surface area contributed by atoms with Gasteiger partial charge in [0, 0.05) is 16.0 Å². The van der Waals surface area contributed by atoms with E-state index in [0.717, 1.165) is 34.1 Å². The van der Waals surface area contributed by atoms with Crippen LogP contribution < -0.4 is 10.1 Å². The average Bonchev–Trinajstić information content (AvgIpc) is 3.44. The van der Waals surface area contributed by atoms with Crippen LogP contribution in [0.25, 0.3) is 5.70 Å². The first-order valence-electron chi connectivity index (χ1n) is 9.15. The number of hydrogen-bond donors (Lipinski definition) is 1. The molecule has 0 saturated heterocycles. The first-order valence-corrected chi connectivity index (χ1v) is 10.0. The van der Waals surface area contributed by atoms with Gasteiger partial charge in [-0.15, -0.1) is 11.3 Å². The van der Waals surface area contributed by atoms with Crippen LogP contribution in [-0.4, -0.2) is 14.8 Å². The molecule has 6 rings (SSSR count). The Morgan fingerprint density at radius 3 is 2.68 bits per heavy atom. The number of hydrogen-bond acceptors (Lipinski definition) is 5. The number of para-hydroxylation sites is 1. The van der Waals surface area contributed by atoms with Crippen LogP contribution in [0, 0.1) is 0 Å². The second-order valence-electron chi connectivity index (χ2n) is 6.81. The zero-order chi connectivity index (χ0) is 18.5. The molecule has 0 radical (unpaired) electrons. The molecule has 2 atom stereocenters. The van der Waals surface area contributed by atoms with Gasteiger partial charge in [-0.1, -0.05) is 48.5 Å². The van der Waals surface area contributed by atoms with Gasteiger partial charge in [-0.05, 0) is 29.1 Å². The minimum absolute atomic E-state index is 0.0627. The summed E-state index contributed by atoms with van der Waals surface area (Å²) in [7, 11) is 0. The van der Waals surface area contributed by atoms with E-state index in [1.54, 1.807) is 17.7 Å². The highest BCUT2D eigenvalue weighted by Crippen LogP contribution is 2.50. The number of nitrogens with zero attached hydrogens (tertiary/aromatic N) is 3. The van der Waals surface area contributed by atoms with Gasteiger partial charge in [-0.3, -0.25) is 0 Å². The van der Waals surface area contributed by atoms with Crippen molar-refractivity contribution in [3.05, 3.63) is 100 Å². The van der Waals surface area contributed by atoms with E-state index in [-0.39, 0.29) is 12.1 Å². The third-order valence-electron chi connectivity index (χ3n) is 5.24. The molecule has 5 nitrogen and oxygen atoms in total. The summed E-state index contributed by atoms with van der Waals surface area (Å²) in [5.74, 6) is 1.63. The molecule has 4 heterocycles. The SMILES string of the molecule is c1ccc([C@@H]2Oc3ccccc3C3=C2[C@@H](c2cccs2)n2ncnc2N3)cc1. The van der Waals surface area contributed by atoms with E-state index in [4.69, 9.17) is 4.74 Å². The fourth-order valence-corrected chi connectivity index (χ4v) is 4.87. The van der Waals surface area contributed by atoms with Gasteiger partial charge in [0.1, 0.15) is 24.2 Å². The smallest absolute Gasteiger partial charge is 0.226 e. The van der Waals surface area contributed by atoms with Gasteiger partial charge < -0.3 is 10.1 Å². The van der Waals surface area contributed by atoms with Crippen molar-refractivity contribution in [3.8, 4) is 5.75 Å². The summed E-state index contributed by atoms with van der Waals surface area (Å²) in [6.07, 6.45) is 1.40. The first kappa shape index (κ1) is 15.7. The van der Waals surface area contributed by atoms with Gasteiger partial charge >= 0.3 is 0 Å². The van der Waals surface area contributed by atoms with Crippen LogP contribution >= 0.6 is 11.3 Å². The van der Waals surface area contributed by atoms with Gasteiger partial charge in [-0.2, -0.15) is 10.1 Å². The van der Waals surface area contributed by atoms with E-state index in [0.29, 0.717) is 0 Å². The van der Waals surface area contributed by atoms with Crippen molar-refractivity contribution in [2.75, 3.05) is 5.32 Å². The van der Waals surface area contributed by atoms with Crippen molar-refractivity contribution >= 4 is 23.0 Å². The maximum atomic E-state index is 6.55. The molecule has 1 N–H and O–H groups in total. The third-order valence-corrected chi connectivity index (χ3v) is 6.16. The molecule has 28 heavy (non-hydrogen) atoms. The van der Waals surface area contributed by atoms with Crippen LogP contribution in [0.2, 0.25) is 0 Å². The molecule has 136 valence electrons. The predicted octanol–water partition coefficient (Wildman–Crippen LogP) is 4.90. The highest BCUT2D eigenvalue weighted by Gasteiger charge is 2.41. The third kappa shape index (κ3) is 2.25. The molecule has 2 aliphatic rings. The molecule has 0 bridgehead atoms. The summed E-state index contributed by atoms with van der Waals surface area (Å²) in [5.41, 5.74) is 4.40. The quantitative estimate of drug-likeness (QED) is 0.534. The Morgan fingerprint density at radius 1 is 0.964 bits per heavy atom. The van der Waals surface area contributed by atoms with Crippen LogP contribution in [0.4, 0.5) is 5.95 Å². The summed E-state index contributed by atoms with van der Waals surface area (Å²) in [5, 5.41) is 10.2. The Kier molecular flexibility index (Phi) is 3.39. The van der Waals surface area contributed by atoms with Crippen LogP contribution in [0.5, 0.6) is 5.75 Å². The van der Waals surface area contributed by atoms with Crippen molar-refractivity contribution in [1.29, 1.82) is 0 Å². The Morgan fingerprint density at radius 2 is 1.82 bits per heavy atom. The van der Waals surface area contributed by atoms with Gasteiger partial charge in [0.15, 0.2) is 0 Å². The lowest BCUT2D eigenvalue weighted by Crippen LogP contribution is -2.32. The summed E-state index contributed by atoms with van der Waals surface area (Å²) >= 11 is 1.72. The fraction of sp³-hybridized carbons (Fsp3) is 0.0909. The van der Waals surface area contributed by atoms with Crippen molar-refractivity contribution in [2.24, 2.45) is 0 Å². The molecule has 6 heteroatoms. The normalized spacial score (nSPS) is 19.9. The molecule has 0 fully saturated rings. The number of nitrogens with one attached hydrogen (secondary N) is 1. The predicted molar refractivity (Wildman–Crippen MR) is 109 cm³/mol. The summed E-state index contributed by atoms with van der Waals surface area (Å²) in [6, 6.07) is 22.7. The molecule has 0 amide bonds. The fourth-order valence-electron chi connectivity index (χ4n) is 4.04. The van der Waals surface area contributed by atoms with Crippen LogP contribution in [0.3, 0.4) is 0 Å². The van der Waals surface area contributed by atoms with Gasteiger partial charge in [-0.25, -0.2) is 4.68 Å². The Balaban J connectivity index is 1.65. The molecule has 0 aliphatic carbocycles. The first-order chi connectivity index (χ1) is 13.9. The molecule has 2 aliphatic heterocycles. The number of thiophene rings is 1. The van der Waals surface area contributed by atoms with E-state index in [1.165, 1.54) is 4.88 Å². The van der Waals surface area contributed by atoms with Crippen LogP contribution in [0.1, 0.15) is 28.1 Å². The van der Waals surface area contributed by atoms with E-state index in [9.17, 15) is 0 Å². The molecule has 0 unspecified atom stereocenters. The topological polar surface area (TPSA) is 52.0 Å². The number of anilines is 1. The molecular weight excluding hydrogens is 368 g/mol. The number of benzene rings is 2. The zero-order valence-electron chi connectivity index (χ0n) is 14.8. The zero-order valence-corrected chi connectivity index (χ0v) is 15.6. The summed E-state index contributed by atoms with van der Waals surface area (Å²) in [6.45, 7) is 0. The molecule has 2 aromatic carbocycles. The molecular formula is C22H16N4OS. The van der Waals surface area contributed by atoms with E-state index < -0.39 is 0 Å². The number of ether oxygens (including phenoxy) is 1. The lowest BCUT2D eigenvalue weighted by molar-refractivity contribution is 0.223. The molecule has 2 aromatic heterocycles. The lowest BCUT2D eigenvalue weighted by Gasteiger charge is -2.38. The average molecular weight is 384 g/mol. The maximum absolute atomic E-state index is 6.55. The number of aromatic nitrogens is 3. The minimum Gasteiger partial charge on any atom is -0.480 e.